The van der Waals surface area contributed by atoms with Crippen LogP contribution in [-0.4, -0.2) is 56.8 Å². The van der Waals surface area contributed by atoms with Crippen LogP contribution in [0.1, 0.15) is 37.5 Å². The maximum atomic E-state index is 14.3. The van der Waals surface area contributed by atoms with Gasteiger partial charge in [0.1, 0.15) is 12.6 Å². The molecule has 1 heterocycles. The molecule has 0 fully saturated rings. The Morgan fingerprint density at radius 3 is 2.29 bits per heavy atom. The van der Waals surface area contributed by atoms with E-state index < -0.39 is 28.5 Å². The van der Waals surface area contributed by atoms with Gasteiger partial charge in [-0.1, -0.05) is 74.0 Å². The molecule has 4 rings (SSSR count). The van der Waals surface area contributed by atoms with E-state index in [9.17, 15) is 18.0 Å². The highest BCUT2D eigenvalue weighted by Gasteiger charge is 2.34. The molecule has 0 spiro atoms. The topological polar surface area (TPSA) is 105 Å². The lowest BCUT2D eigenvalue weighted by Gasteiger charge is -2.34. The third-order valence-electron chi connectivity index (χ3n) is 7.05. The first-order chi connectivity index (χ1) is 20.1. The van der Waals surface area contributed by atoms with Crippen molar-refractivity contribution in [2.45, 2.75) is 46.7 Å². The number of ether oxygens (including phenoxy) is 2. The summed E-state index contributed by atoms with van der Waals surface area (Å²) in [5.74, 6) is 0.123. The van der Waals surface area contributed by atoms with Crippen LogP contribution < -0.4 is 19.1 Å². The minimum absolute atomic E-state index is 0.0369. The number of nitrogens with zero attached hydrogens (tertiary/aromatic N) is 2. The summed E-state index contributed by atoms with van der Waals surface area (Å²) in [4.78, 5) is 29.5. The molecule has 0 saturated carbocycles. The van der Waals surface area contributed by atoms with E-state index in [2.05, 4.69) is 5.32 Å². The van der Waals surface area contributed by atoms with Gasteiger partial charge in [-0.25, -0.2) is 8.42 Å². The van der Waals surface area contributed by atoms with Gasteiger partial charge < -0.3 is 19.7 Å². The van der Waals surface area contributed by atoms with Crippen molar-refractivity contribution in [3.63, 3.8) is 0 Å². The van der Waals surface area contributed by atoms with E-state index in [0.29, 0.717) is 18.0 Å². The highest BCUT2D eigenvalue weighted by Crippen LogP contribution is 2.36. The molecule has 1 aliphatic rings. The van der Waals surface area contributed by atoms with Gasteiger partial charge in [-0.3, -0.25) is 13.9 Å². The Hall–Kier alpha value is -4.05. The molecule has 1 N–H and O–H groups in total. The third kappa shape index (κ3) is 7.82. The first-order valence-corrected chi connectivity index (χ1v) is 15.7. The molecule has 42 heavy (non-hydrogen) atoms. The zero-order valence-electron chi connectivity index (χ0n) is 24.6. The second-order valence-electron chi connectivity index (χ2n) is 10.8. The SMILES string of the molecule is CCS(=O)(=O)N(CC(=O)N(Cc1ccc(C)cc1)C(Cc1ccccc1)C(=O)NCC(C)C)c1ccc2c(c1)OCO2. The molecule has 3 aromatic carbocycles. The molecule has 1 atom stereocenters. The maximum Gasteiger partial charge on any atom is 0.244 e. The summed E-state index contributed by atoms with van der Waals surface area (Å²) in [5.41, 5.74) is 3.07. The van der Waals surface area contributed by atoms with Gasteiger partial charge in [-0.05, 0) is 43.0 Å². The molecule has 224 valence electrons. The molecule has 0 aromatic heterocycles. The van der Waals surface area contributed by atoms with E-state index in [1.54, 1.807) is 18.2 Å². The maximum absolute atomic E-state index is 14.3. The zero-order chi connectivity index (χ0) is 30.3. The fourth-order valence-electron chi connectivity index (χ4n) is 4.63. The van der Waals surface area contributed by atoms with Crippen molar-refractivity contribution in [2.75, 3.05) is 29.9 Å². The van der Waals surface area contributed by atoms with Gasteiger partial charge in [0.25, 0.3) is 0 Å². The van der Waals surface area contributed by atoms with Crippen molar-refractivity contribution in [2.24, 2.45) is 5.92 Å². The molecule has 0 aliphatic carbocycles. The van der Waals surface area contributed by atoms with Crippen LogP contribution in [0, 0.1) is 12.8 Å². The van der Waals surface area contributed by atoms with E-state index in [4.69, 9.17) is 9.47 Å². The average Bonchev–Trinajstić information content (AvgIpc) is 3.46. The molecule has 0 saturated heterocycles. The lowest BCUT2D eigenvalue weighted by molar-refractivity contribution is -0.140. The Balaban J connectivity index is 1.73. The smallest absolute Gasteiger partial charge is 0.244 e. The third-order valence-corrected chi connectivity index (χ3v) is 8.79. The predicted molar refractivity (Wildman–Crippen MR) is 163 cm³/mol. The summed E-state index contributed by atoms with van der Waals surface area (Å²) in [6, 6.07) is 21.1. The van der Waals surface area contributed by atoms with Crippen LogP contribution >= 0.6 is 0 Å². The monoisotopic (exact) mass is 593 g/mol. The summed E-state index contributed by atoms with van der Waals surface area (Å²) in [5, 5.41) is 2.99. The van der Waals surface area contributed by atoms with E-state index in [-0.39, 0.29) is 43.0 Å². The van der Waals surface area contributed by atoms with Gasteiger partial charge in [0.05, 0.1) is 11.4 Å². The largest absolute Gasteiger partial charge is 0.454 e. The van der Waals surface area contributed by atoms with Crippen molar-refractivity contribution >= 4 is 27.5 Å². The summed E-state index contributed by atoms with van der Waals surface area (Å²) in [6.45, 7) is 7.64. The van der Waals surface area contributed by atoms with Crippen LogP contribution in [0.15, 0.2) is 72.8 Å². The fraction of sp³-hybridized carbons (Fsp3) is 0.375. The summed E-state index contributed by atoms with van der Waals surface area (Å²) in [6.07, 6.45) is 0.271. The van der Waals surface area contributed by atoms with Gasteiger partial charge in [-0.15, -0.1) is 0 Å². The van der Waals surface area contributed by atoms with E-state index in [1.807, 2.05) is 75.4 Å². The number of rotatable bonds is 13. The molecule has 3 aromatic rings. The zero-order valence-corrected chi connectivity index (χ0v) is 25.4. The number of aryl methyl sites for hydroxylation is 1. The molecule has 1 aliphatic heterocycles. The second-order valence-corrected chi connectivity index (χ2v) is 13.0. The first kappa shape index (κ1) is 30.9. The van der Waals surface area contributed by atoms with Crippen LogP contribution in [0.4, 0.5) is 5.69 Å². The van der Waals surface area contributed by atoms with Crippen molar-refractivity contribution in [3.8, 4) is 11.5 Å². The minimum atomic E-state index is -3.88. The number of hydrogen-bond acceptors (Lipinski definition) is 6. The molecule has 0 radical (unpaired) electrons. The predicted octanol–water partition coefficient (Wildman–Crippen LogP) is 4.29. The van der Waals surface area contributed by atoms with E-state index >= 15 is 0 Å². The number of hydrogen-bond donors (Lipinski definition) is 1. The van der Waals surface area contributed by atoms with Gasteiger partial charge in [0.15, 0.2) is 11.5 Å². The van der Waals surface area contributed by atoms with Crippen molar-refractivity contribution < 1.29 is 27.5 Å². The molecule has 2 amide bonds. The number of carbonyl (C=O) groups is 2. The Morgan fingerprint density at radius 1 is 0.929 bits per heavy atom. The summed E-state index contributed by atoms with van der Waals surface area (Å²) < 4.78 is 38.6. The van der Waals surface area contributed by atoms with Crippen molar-refractivity contribution in [3.05, 3.63) is 89.5 Å². The standard InChI is InChI=1S/C32H39N3O6S/c1-5-42(38,39)35(27-15-16-29-30(18-27)41-22-40-29)21-31(36)34(20-26-13-11-24(4)12-14-26)28(32(37)33-19-23(2)3)17-25-9-7-6-8-10-25/h6-16,18,23,28H,5,17,19-22H2,1-4H3,(H,33,37). The van der Waals surface area contributed by atoms with Crippen LogP contribution in [0.25, 0.3) is 0 Å². The van der Waals surface area contributed by atoms with Crippen LogP contribution in [-0.2, 0) is 32.6 Å². The highest BCUT2D eigenvalue weighted by atomic mass is 32.2. The van der Waals surface area contributed by atoms with Crippen molar-refractivity contribution in [1.82, 2.24) is 10.2 Å². The Labute approximate surface area is 248 Å². The van der Waals surface area contributed by atoms with Crippen LogP contribution in [0.3, 0.4) is 0 Å². The average molecular weight is 594 g/mol. The molecule has 1 unspecified atom stereocenters. The second kappa shape index (κ2) is 13.7. The number of benzene rings is 3. The Bertz CT molecular complexity index is 1480. The molecule has 0 bridgehead atoms. The molecular formula is C32H39N3O6S. The van der Waals surface area contributed by atoms with Crippen molar-refractivity contribution in [1.29, 1.82) is 0 Å². The normalized spacial score (nSPS) is 13.1. The van der Waals surface area contributed by atoms with Gasteiger partial charge >= 0.3 is 0 Å². The molecule has 10 heteroatoms. The quantitative estimate of drug-likeness (QED) is 0.317. The minimum Gasteiger partial charge on any atom is -0.454 e. The van der Waals surface area contributed by atoms with Gasteiger partial charge in [0, 0.05) is 25.6 Å². The van der Waals surface area contributed by atoms with Crippen LogP contribution in [0.5, 0.6) is 11.5 Å². The first-order valence-electron chi connectivity index (χ1n) is 14.1. The number of carbonyl (C=O) groups excluding carboxylic acids is 2. The fourth-order valence-corrected chi connectivity index (χ4v) is 5.68. The summed E-state index contributed by atoms with van der Waals surface area (Å²) >= 11 is 0. The number of fused-ring (bicyclic) bond motifs is 1. The van der Waals surface area contributed by atoms with E-state index in [0.717, 1.165) is 21.0 Å². The molecular weight excluding hydrogens is 554 g/mol. The Morgan fingerprint density at radius 2 is 1.62 bits per heavy atom. The lowest BCUT2D eigenvalue weighted by Crippen LogP contribution is -2.53. The van der Waals surface area contributed by atoms with Gasteiger partial charge in [0.2, 0.25) is 28.6 Å². The Kier molecular flexibility index (Phi) is 10.1. The van der Waals surface area contributed by atoms with E-state index in [1.165, 1.54) is 11.8 Å². The number of amides is 2. The molecule has 9 nitrogen and oxygen atoms in total. The van der Waals surface area contributed by atoms with Gasteiger partial charge in [-0.2, -0.15) is 0 Å². The number of anilines is 1. The number of nitrogens with one attached hydrogen (secondary N) is 1. The number of sulfonamides is 1. The lowest BCUT2D eigenvalue weighted by atomic mass is 10.0. The van der Waals surface area contributed by atoms with Crippen LogP contribution in [0.2, 0.25) is 0 Å². The highest BCUT2D eigenvalue weighted by molar-refractivity contribution is 7.92. The summed E-state index contributed by atoms with van der Waals surface area (Å²) in [7, 11) is -3.88.